The standard InChI is InChI=1S/C15H16ClFN2O/c1-2-6-18-12-5-7-19-13(9-12)10-20-15-4-3-11(17)8-14(15)16/h3-5,7-9H,2,6,10H2,1H3,(H,18,19). The average Bonchev–Trinajstić information content (AvgIpc) is 2.45. The molecule has 1 aromatic carbocycles. The number of anilines is 1. The number of pyridine rings is 1. The van der Waals surface area contributed by atoms with E-state index in [4.69, 9.17) is 16.3 Å². The summed E-state index contributed by atoms with van der Waals surface area (Å²) in [6.45, 7) is 3.30. The summed E-state index contributed by atoms with van der Waals surface area (Å²) in [5.41, 5.74) is 1.79. The summed E-state index contributed by atoms with van der Waals surface area (Å²) in [7, 11) is 0. The van der Waals surface area contributed by atoms with Gasteiger partial charge < -0.3 is 10.1 Å². The second-order valence-electron chi connectivity index (χ2n) is 4.33. The number of hydrogen-bond acceptors (Lipinski definition) is 3. The molecule has 0 aliphatic carbocycles. The molecule has 0 saturated carbocycles. The Bertz CT molecular complexity index is 578. The van der Waals surface area contributed by atoms with E-state index in [1.807, 2.05) is 12.1 Å². The summed E-state index contributed by atoms with van der Waals surface area (Å²) >= 11 is 5.90. The van der Waals surface area contributed by atoms with Gasteiger partial charge in [0.25, 0.3) is 0 Å². The lowest BCUT2D eigenvalue weighted by Gasteiger charge is -2.09. The first-order valence-electron chi connectivity index (χ1n) is 6.45. The topological polar surface area (TPSA) is 34.2 Å². The Hall–Kier alpha value is -1.81. The third-order valence-electron chi connectivity index (χ3n) is 2.67. The molecule has 0 bridgehead atoms. The van der Waals surface area contributed by atoms with Crippen LogP contribution in [0.1, 0.15) is 19.0 Å². The fourth-order valence-electron chi connectivity index (χ4n) is 1.68. The quantitative estimate of drug-likeness (QED) is 0.863. The van der Waals surface area contributed by atoms with E-state index in [0.717, 1.165) is 24.3 Å². The van der Waals surface area contributed by atoms with Crippen molar-refractivity contribution in [3.63, 3.8) is 0 Å². The fourth-order valence-corrected chi connectivity index (χ4v) is 1.90. The maximum absolute atomic E-state index is 12.9. The Balaban J connectivity index is 1.99. The lowest BCUT2D eigenvalue weighted by molar-refractivity contribution is 0.301. The Morgan fingerprint density at radius 3 is 2.90 bits per heavy atom. The minimum Gasteiger partial charge on any atom is -0.486 e. The van der Waals surface area contributed by atoms with Gasteiger partial charge in [0.05, 0.1) is 10.7 Å². The first-order chi connectivity index (χ1) is 9.69. The fraction of sp³-hybridized carbons (Fsp3) is 0.267. The minimum atomic E-state index is -0.383. The van der Waals surface area contributed by atoms with Crippen LogP contribution in [0.4, 0.5) is 10.1 Å². The molecule has 0 unspecified atom stereocenters. The zero-order valence-electron chi connectivity index (χ0n) is 11.2. The summed E-state index contributed by atoms with van der Waals surface area (Å²) in [6, 6.07) is 7.88. The van der Waals surface area contributed by atoms with Gasteiger partial charge in [-0.3, -0.25) is 4.98 Å². The number of nitrogens with zero attached hydrogens (tertiary/aromatic N) is 1. The van der Waals surface area contributed by atoms with E-state index in [1.165, 1.54) is 18.2 Å². The van der Waals surface area contributed by atoms with Crippen LogP contribution >= 0.6 is 11.6 Å². The predicted molar refractivity (Wildman–Crippen MR) is 78.8 cm³/mol. The summed E-state index contributed by atoms with van der Waals surface area (Å²) in [5.74, 6) is 0.0630. The van der Waals surface area contributed by atoms with E-state index in [-0.39, 0.29) is 17.4 Å². The van der Waals surface area contributed by atoms with Gasteiger partial charge in [-0.25, -0.2) is 4.39 Å². The predicted octanol–water partition coefficient (Wildman–Crippen LogP) is 4.28. The van der Waals surface area contributed by atoms with Crippen LogP contribution in [0.25, 0.3) is 0 Å². The highest BCUT2D eigenvalue weighted by Crippen LogP contribution is 2.25. The maximum atomic E-state index is 12.9. The van der Waals surface area contributed by atoms with E-state index < -0.39 is 0 Å². The second-order valence-corrected chi connectivity index (χ2v) is 4.73. The van der Waals surface area contributed by atoms with E-state index in [0.29, 0.717) is 5.75 Å². The van der Waals surface area contributed by atoms with E-state index in [2.05, 4.69) is 17.2 Å². The van der Waals surface area contributed by atoms with Crippen LogP contribution in [0.15, 0.2) is 36.5 Å². The van der Waals surface area contributed by atoms with Gasteiger partial charge in [-0.05, 0) is 36.8 Å². The zero-order chi connectivity index (χ0) is 14.4. The Kier molecular flexibility index (Phi) is 5.18. The number of benzene rings is 1. The monoisotopic (exact) mass is 294 g/mol. The molecule has 1 heterocycles. The highest BCUT2D eigenvalue weighted by Gasteiger charge is 2.04. The summed E-state index contributed by atoms with van der Waals surface area (Å²) in [6.07, 6.45) is 2.78. The first kappa shape index (κ1) is 14.6. The summed E-state index contributed by atoms with van der Waals surface area (Å²) in [4.78, 5) is 4.23. The van der Waals surface area contributed by atoms with Crippen molar-refractivity contribution in [2.75, 3.05) is 11.9 Å². The van der Waals surface area contributed by atoms with Gasteiger partial charge in [0, 0.05) is 18.4 Å². The number of hydrogen-bond donors (Lipinski definition) is 1. The zero-order valence-corrected chi connectivity index (χ0v) is 12.0. The highest BCUT2D eigenvalue weighted by molar-refractivity contribution is 6.32. The molecule has 106 valence electrons. The van der Waals surface area contributed by atoms with Crippen molar-refractivity contribution in [2.45, 2.75) is 20.0 Å². The Labute approximate surface area is 122 Å². The van der Waals surface area contributed by atoms with Crippen molar-refractivity contribution in [3.05, 3.63) is 53.1 Å². The van der Waals surface area contributed by atoms with Crippen molar-refractivity contribution < 1.29 is 9.13 Å². The normalized spacial score (nSPS) is 10.3. The number of nitrogens with one attached hydrogen (secondary N) is 1. The van der Waals surface area contributed by atoms with Crippen molar-refractivity contribution in [1.82, 2.24) is 4.98 Å². The van der Waals surface area contributed by atoms with Crippen LogP contribution in [-0.4, -0.2) is 11.5 Å². The van der Waals surface area contributed by atoms with E-state index >= 15 is 0 Å². The van der Waals surface area contributed by atoms with Crippen molar-refractivity contribution in [2.24, 2.45) is 0 Å². The largest absolute Gasteiger partial charge is 0.486 e. The molecule has 0 fully saturated rings. The van der Waals surface area contributed by atoms with Crippen molar-refractivity contribution in [1.29, 1.82) is 0 Å². The van der Waals surface area contributed by atoms with Gasteiger partial charge in [-0.1, -0.05) is 18.5 Å². The van der Waals surface area contributed by atoms with Crippen LogP contribution in [0, 0.1) is 5.82 Å². The minimum absolute atomic E-state index is 0.255. The molecule has 0 radical (unpaired) electrons. The molecule has 0 amide bonds. The van der Waals surface area contributed by atoms with Crippen LogP contribution in [-0.2, 0) is 6.61 Å². The number of aromatic nitrogens is 1. The smallest absolute Gasteiger partial charge is 0.138 e. The van der Waals surface area contributed by atoms with Crippen LogP contribution in [0.5, 0.6) is 5.75 Å². The molecule has 0 saturated heterocycles. The molecule has 1 aromatic heterocycles. The third kappa shape index (κ3) is 4.10. The summed E-state index contributed by atoms with van der Waals surface area (Å²) in [5, 5.41) is 3.54. The van der Waals surface area contributed by atoms with Gasteiger partial charge in [0.1, 0.15) is 18.2 Å². The van der Waals surface area contributed by atoms with Crippen LogP contribution in [0.2, 0.25) is 5.02 Å². The van der Waals surface area contributed by atoms with Crippen LogP contribution < -0.4 is 10.1 Å². The molecule has 5 heteroatoms. The number of halogens is 2. The average molecular weight is 295 g/mol. The van der Waals surface area contributed by atoms with Gasteiger partial charge in [-0.2, -0.15) is 0 Å². The molecule has 1 N–H and O–H groups in total. The second kappa shape index (κ2) is 7.10. The van der Waals surface area contributed by atoms with Crippen molar-refractivity contribution in [3.8, 4) is 5.75 Å². The number of ether oxygens (including phenoxy) is 1. The summed E-state index contributed by atoms with van der Waals surface area (Å²) < 4.78 is 18.5. The molecule has 3 nitrogen and oxygen atoms in total. The lowest BCUT2D eigenvalue weighted by atomic mass is 10.3. The molecule has 20 heavy (non-hydrogen) atoms. The number of rotatable bonds is 6. The molecule has 0 atom stereocenters. The van der Waals surface area contributed by atoms with E-state index in [1.54, 1.807) is 6.20 Å². The molecule has 0 spiro atoms. The van der Waals surface area contributed by atoms with Gasteiger partial charge in [0.15, 0.2) is 0 Å². The lowest BCUT2D eigenvalue weighted by Crippen LogP contribution is -2.03. The maximum Gasteiger partial charge on any atom is 0.138 e. The molecule has 2 rings (SSSR count). The highest BCUT2D eigenvalue weighted by atomic mass is 35.5. The van der Waals surface area contributed by atoms with Gasteiger partial charge >= 0.3 is 0 Å². The molecule has 2 aromatic rings. The van der Waals surface area contributed by atoms with Crippen LogP contribution in [0.3, 0.4) is 0 Å². The van der Waals surface area contributed by atoms with Gasteiger partial charge in [0.2, 0.25) is 0 Å². The molecule has 0 aliphatic heterocycles. The Morgan fingerprint density at radius 1 is 1.30 bits per heavy atom. The molecular formula is C15H16ClFN2O. The van der Waals surface area contributed by atoms with Crippen molar-refractivity contribution >= 4 is 17.3 Å². The molecule has 0 aliphatic rings. The third-order valence-corrected chi connectivity index (χ3v) is 2.96. The SMILES string of the molecule is CCCNc1ccnc(COc2ccc(F)cc2Cl)c1. The first-order valence-corrected chi connectivity index (χ1v) is 6.83. The Morgan fingerprint density at radius 2 is 2.15 bits per heavy atom. The molecular weight excluding hydrogens is 279 g/mol. The van der Waals surface area contributed by atoms with Gasteiger partial charge in [-0.15, -0.1) is 0 Å². The van der Waals surface area contributed by atoms with E-state index in [9.17, 15) is 4.39 Å².